The number of aromatic nitrogens is 3. The molecule has 0 aliphatic rings. The molecule has 0 radical (unpaired) electrons. The van der Waals surface area contributed by atoms with Gasteiger partial charge in [0.25, 0.3) is 0 Å². The summed E-state index contributed by atoms with van der Waals surface area (Å²) < 4.78 is 1.04. The molecule has 88 valence electrons. The highest BCUT2D eigenvalue weighted by molar-refractivity contribution is 9.10. The topological polar surface area (TPSA) is 50.7 Å². The Morgan fingerprint density at radius 2 is 2.00 bits per heavy atom. The van der Waals surface area contributed by atoms with Gasteiger partial charge in [-0.05, 0) is 42.3 Å². The molecule has 2 aromatic rings. The van der Waals surface area contributed by atoms with Crippen LogP contribution in [0.15, 0.2) is 22.7 Å². The maximum Gasteiger partial charge on any atom is 0.245 e. The average molecular weight is 334 g/mol. The van der Waals surface area contributed by atoms with Gasteiger partial charge in [-0.15, -0.1) is 10.2 Å². The van der Waals surface area contributed by atoms with Gasteiger partial charge in [0, 0.05) is 10.2 Å². The SMILES string of the molecule is Cc1cc(Nc2nc(Cl)nnc2Cl)ccc1Br. The molecule has 0 aliphatic heterocycles. The van der Waals surface area contributed by atoms with Crippen LogP contribution in [0.4, 0.5) is 11.5 Å². The summed E-state index contributed by atoms with van der Waals surface area (Å²) in [6.45, 7) is 1.99. The molecule has 2 rings (SSSR count). The van der Waals surface area contributed by atoms with Gasteiger partial charge in [0.1, 0.15) is 0 Å². The number of nitrogens with one attached hydrogen (secondary N) is 1. The summed E-state index contributed by atoms with van der Waals surface area (Å²) in [5.41, 5.74) is 1.95. The largest absolute Gasteiger partial charge is 0.337 e. The Balaban J connectivity index is 2.31. The fourth-order valence-corrected chi connectivity index (χ4v) is 1.73. The third-order valence-corrected chi connectivity index (χ3v) is 3.34. The van der Waals surface area contributed by atoms with Crippen LogP contribution in [0.1, 0.15) is 5.56 Å². The van der Waals surface area contributed by atoms with Gasteiger partial charge in [-0.25, -0.2) is 0 Å². The highest BCUT2D eigenvalue weighted by Crippen LogP contribution is 2.25. The summed E-state index contributed by atoms with van der Waals surface area (Å²) >= 11 is 14.9. The Bertz CT molecular complexity index is 562. The van der Waals surface area contributed by atoms with Crippen molar-refractivity contribution in [1.29, 1.82) is 0 Å². The first-order valence-electron chi connectivity index (χ1n) is 4.65. The zero-order valence-electron chi connectivity index (χ0n) is 8.71. The Hall–Kier alpha value is -0.910. The van der Waals surface area contributed by atoms with Crippen molar-refractivity contribution in [3.63, 3.8) is 0 Å². The fraction of sp³-hybridized carbons (Fsp3) is 0.100. The second-order valence-electron chi connectivity index (χ2n) is 3.31. The van der Waals surface area contributed by atoms with Crippen molar-refractivity contribution >= 4 is 50.6 Å². The van der Waals surface area contributed by atoms with E-state index in [1.807, 2.05) is 25.1 Å². The molecule has 0 aliphatic carbocycles. The molecule has 1 heterocycles. The molecule has 0 saturated heterocycles. The Kier molecular flexibility index (Phi) is 3.81. The van der Waals surface area contributed by atoms with Crippen molar-refractivity contribution in [3.8, 4) is 0 Å². The minimum Gasteiger partial charge on any atom is -0.337 e. The van der Waals surface area contributed by atoms with Gasteiger partial charge in [-0.1, -0.05) is 27.5 Å². The van der Waals surface area contributed by atoms with Crippen molar-refractivity contribution in [2.45, 2.75) is 6.92 Å². The summed E-state index contributed by atoms with van der Waals surface area (Å²) in [7, 11) is 0. The van der Waals surface area contributed by atoms with Crippen molar-refractivity contribution in [2.24, 2.45) is 0 Å². The van der Waals surface area contributed by atoms with Gasteiger partial charge in [0.15, 0.2) is 11.0 Å². The first kappa shape index (κ1) is 12.5. The standard InChI is InChI=1S/C10H7BrCl2N4/c1-5-4-6(2-3-7(5)11)14-9-8(12)16-17-10(13)15-9/h2-4H,1H3,(H,14,15,17). The van der Waals surface area contributed by atoms with E-state index in [2.05, 4.69) is 36.4 Å². The molecule has 0 atom stereocenters. The predicted octanol–water partition coefficient (Wildman–Crippen LogP) is 3.99. The Labute approximate surface area is 117 Å². The van der Waals surface area contributed by atoms with Gasteiger partial charge < -0.3 is 5.32 Å². The van der Waals surface area contributed by atoms with Crippen LogP contribution in [-0.2, 0) is 0 Å². The van der Waals surface area contributed by atoms with E-state index in [4.69, 9.17) is 23.2 Å². The minimum absolute atomic E-state index is 0.0470. The molecule has 0 unspecified atom stereocenters. The van der Waals surface area contributed by atoms with Crippen LogP contribution >= 0.6 is 39.1 Å². The molecular formula is C10H7BrCl2N4. The molecule has 1 aromatic heterocycles. The van der Waals surface area contributed by atoms with Crippen LogP contribution < -0.4 is 5.32 Å². The zero-order valence-corrected chi connectivity index (χ0v) is 11.8. The number of rotatable bonds is 2. The summed E-state index contributed by atoms with van der Waals surface area (Å²) in [6.07, 6.45) is 0. The van der Waals surface area contributed by atoms with Crippen molar-refractivity contribution in [3.05, 3.63) is 38.7 Å². The number of hydrogen-bond donors (Lipinski definition) is 1. The van der Waals surface area contributed by atoms with Gasteiger partial charge in [-0.2, -0.15) is 4.98 Å². The number of halogens is 3. The fourth-order valence-electron chi connectivity index (χ4n) is 1.23. The van der Waals surface area contributed by atoms with Crippen molar-refractivity contribution in [2.75, 3.05) is 5.32 Å². The van der Waals surface area contributed by atoms with E-state index in [0.717, 1.165) is 15.7 Å². The summed E-state index contributed by atoms with van der Waals surface area (Å²) in [5.74, 6) is 0.383. The van der Waals surface area contributed by atoms with Gasteiger partial charge in [0.2, 0.25) is 5.28 Å². The lowest BCUT2D eigenvalue weighted by Gasteiger charge is -2.07. The molecule has 7 heteroatoms. The van der Waals surface area contributed by atoms with E-state index in [1.165, 1.54) is 0 Å². The molecule has 4 nitrogen and oxygen atoms in total. The van der Waals surface area contributed by atoms with E-state index in [9.17, 15) is 0 Å². The van der Waals surface area contributed by atoms with Crippen LogP contribution in [0.25, 0.3) is 0 Å². The summed E-state index contributed by atoms with van der Waals surface area (Å²) in [5, 5.41) is 10.5. The lowest BCUT2D eigenvalue weighted by atomic mass is 10.2. The number of anilines is 2. The lowest BCUT2D eigenvalue weighted by molar-refractivity contribution is 0.974. The molecule has 0 saturated carbocycles. The minimum atomic E-state index is 0.0470. The second kappa shape index (κ2) is 5.16. The molecule has 1 N–H and O–H groups in total. The summed E-state index contributed by atoms with van der Waals surface area (Å²) in [4.78, 5) is 3.96. The second-order valence-corrected chi connectivity index (χ2v) is 4.86. The van der Waals surface area contributed by atoms with Crippen LogP contribution in [-0.4, -0.2) is 15.2 Å². The molecule has 17 heavy (non-hydrogen) atoms. The third-order valence-electron chi connectivity index (χ3n) is 2.04. The van der Waals surface area contributed by atoms with Crippen LogP contribution in [0.3, 0.4) is 0 Å². The molecular weight excluding hydrogens is 327 g/mol. The molecule has 0 spiro atoms. The van der Waals surface area contributed by atoms with Crippen molar-refractivity contribution < 1.29 is 0 Å². The molecule has 1 aromatic carbocycles. The van der Waals surface area contributed by atoms with Crippen LogP contribution in [0.2, 0.25) is 10.4 Å². The van der Waals surface area contributed by atoms with Crippen LogP contribution in [0.5, 0.6) is 0 Å². The number of aryl methyl sites for hydroxylation is 1. The molecule has 0 fully saturated rings. The Morgan fingerprint density at radius 3 is 2.71 bits per heavy atom. The predicted molar refractivity (Wildman–Crippen MR) is 72.0 cm³/mol. The summed E-state index contributed by atoms with van der Waals surface area (Å²) in [6, 6.07) is 5.78. The quantitative estimate of drug-likeness (QED) is 0.902. The van der Waals surface area contributed by atoms with E-state index >= 15 is 0 Å². The highest BCUT2D eigenvalue weighted by Gasteiger charge is 2.06. The molecule has 0 bridgehead atoms. The number of benzene rings is 1. The van der Waals surface area contributed by atoms with E-state index < -0.39 is 0 Å². The normalized spacial score (nSPS) is 10.4. The third kappa shape index (κ3) is 3.06. The molecule has 0 amide bonds. The van der Waals surface area contributed by atoms with E-state index in [0.29, 0.717) is 5.82 Å². The zero-order chi connectivity index (χ0) is 12.4. The van der Waals surface area contributed by atoms with E-state index in [-0.39, 0.29) is 10.4 Å². The maximum atomic E-state index is 5.85. The van der Waals surface area contributed by atoms with Crippen LogP contribution in [0, 0.1) is 6.92 Å². The lowest BCUT2D eigenvalue weighted by Crippen LogP contribution is -1.99. The van der Waals surface area contributed by atoms with Gasteiger partial charge in [0.05, 0.1) is 0 Å². The first-order chi connectivity index (χ1) is 8.06. The number of hydrogen-bond acceptors (Lipinski definition) is 4. The average Bonchev–Trinajstić information content (AvgIpc) is 2.29. The highest BCUT2D eigenvalue weighted by atomic mass is 79.9. The van der Waals surface area contributed by atoms with Gasteiger partial charge >= 0.3 is 0 Å². The number of nitrogens with zero attached hydrogens (tertiary/aromatic N) is 3. The smallest absolute Gasteiger partial charge is 0.245 e. The van der Waals surface area contributed by atoms with Gasteiger partial charge in [-0.3, -0.25) is 0 Å². The monoisotopic (exact) mass is 332 g/mol. The van der Waals surface area contributed by atoms with Crippen molar-refractivity contribution in [1.82, 2.24) is 15.2 Å². The maximum absolute atomic E-state index is 5.85. The Morgan fingerprint density at radius 1 is 1.24 bits per heavy atom. The first-order valence-corrected chi connectivity index (χ1v) is 6.20. The van der Waals surface area contributed by atoms with E-state index in [1.54, 1.807) is 0 Å².